The van der Waals surface area contributed by atoms with Crippen LogP contribution in [0.25, 0.3) is 0 Å². The number of aliphatic hydroxyl groups is 1. The Morgan fingerprint density at radius 2 is 1.55 bits per heavy atom. The summed E-state index contributed by atoms with van der Waals surface area (Å²) < 4.78 is 1.99. The van der Waals surface area contributed by atoms with E-state index < -0.39 is 6.10 Å². The van der Waals surface area contributed by atoms with Crippen molar-refractivity contribution in [2.75, 3.05) is 0 Å². The largest absolute Gasteiger partial charge is 0.389 e. The Hall–Kier alpha value is 0.890. The molecule has 0 radical (unpaired) electrons. The van der Waals surface area contributed by atoms with Crippen LogP contribution in [0.1, 0.15) is 38.5 Å². The Kier molecular flexibility index (Phi) is 13.7. The number of ketones is 1. The number of halogens is 4. The monoisotopic (exact) mass is 570 g/mol. The molecule has 0 amide bonds. The Labute approximate surface area is 170 Å². The van der Waals surface area contributed by atoms with Crippen LogP contribution >= 0.6 is 68.4 Å². The average molecular weight is 571 g/mol. The van der Waals surface area contributed by atoms with Crippen LogP contribution in [0, 0.1) is 0 Å². The van der Waals surface area contributed by atoms with Crippen molar-refractivity contribution in [3.8, 4) is 0 Å². The topological polar surface area (TPSA) is 37.3 Å². The molecule has 0 aliphatic carbocycles. The first-order chi connectivity index (χ1) is 10.2. The van der Waals surface area contributed by atoms with Crippen LogP contribution in [-0.4, -0.2) is 27.7 Å². The molecule has 0 bridgehead atoms. The number of carbonyl (C=O) groups is 1. The summed E-state index contributed by atoms with van der Waals surface area (Å²) in [5.74, 6) is -0.0215. The third-order valence-corrected chi connectivity index (χ3v) is 4.50. The number of hydrogen-bond donors (Lipinski definition) is 1. The molecule has 0 aromatic heterocycles. The van der Waals surface area contributed by atoms with E-state index in [1.807, 2.05) is 0 Å². The molecule has 0 saturated heterocycles. The van der Waals surface area contributed by atoms with Crippen molar-refractivity contribution in [2.24, 2.45) is 0 Å². The van der Waals surface area contributed by atoms with E-state index in [1.165, 1.54) is 12.2 Å². The maximum atomic E-state index is 11.7. The van der Waals surface area contributed by atoms with Gasteiger partial charge in [0.1, 0.15) is 0 Å². The molecule has 2 unspecified atom stereocenters. The van der Waals surface area contributed by atoms with Crippen molar-refractivity contribution < 1.29 is 9.90 Å². The van der Waals surface area contributed by atoms with E-state index in [9.17, 15) is 9.90 Å². The molecule has 0 aromatic rings. The zero-order valence-corrected chi connectivity index (χ0v) is 18.2. The van der Waals surface area contributed by atoms with Crippen molar-refractivity contribution in [1.29, 1.82) is 0 Å². The minimum atomic E-state index is -0.645. The minimum Gasteiger partial charge on any atom is -0.389 e. The number of hydrogen-bond acceptors (Lipinski definition) is 2. The molecule has 0 aliphatic heterocycles. The van der Waals surface area contributed by atoms with E-state index in [1.54, 1.807) is 0 Å². The van der Waals surface area contributed by atoms with Gasteiger partial charge in [-0.15, -0.1) is 23.2 Å². The fraction of sp³-hybridized carbons (Fsp3) is 0.562. The highest BCUT2D eigenvalue weighted by molar-refractivity contribution is 14.1. The molecule has 0 heterocycles. The lowest BCUT2D eigenvalue weighted by Gasteiger charge is -2.10. The molecule has 2 nitrogen and oxygen atoms in total. The maximum absolute atomic E-state index is 11.7. The molecule has 0 aromatic carbocycles. The molecule has 126 valence electrons. The molecular formula is C16H22Cl2I2O2. The van der Waals surface area contributed by atoms with E-state index in [4.69, 9.17) is 23.2 Å². The first-order valence-corrected chi connectivity index (χ1v) is 10.1. The van der Waals surface area contributed by atoms with E-state index in [2.05, 4.69) is 58.3 Å². The standard InChI is InChI=1S/C16H22Cl2I2O2/c1-11(19)9-13(17)3-5-15(21)7-8-16(22)6-4-14(18)10-12(2)20/h7-8,13-15,21H,1-6,9-10H2/t13-,14?,15?/m0/s1. The summed E-state index contributed by atoms with van der Waals surface area (Å²) in [6, 6.07) is 0. The molecule has 0 fully saturated rings. The number of alkyl halides is 2. The van der Waals surface area contributed by atoms with Gasteiger partial charge in [0.2, 0.25) is 0 Å². The highest BCUT2D eigenvalue weighted by Gasteiger charge is 2.10. The van der Waals surface area contributed by atoms with Gasteiger partial charge in [-0.1, -0.05) is 19.2 Å². The van der Waals surface area contributed by atoms with Gasteiger partial charge >= 0.3 is 0 Å². The minimum absolute atomic E-state index is 0.0215. The van der Waals surface area contributed by atoms with Gasteiger partial charge in [-0.05, 0) is 90.5 Å². The smallest absolute Gasteiger partial charge is 0.155 e. The zero-order valence-electron chi connectivity index (χ0n) is 12.4. The Balaban J connectivity index is 3.95. The van der Waals surface area contributed by atoms with E-state index in [0.29, 0.717) is 32.1 Å². The lowest BCUT2D eigenvalue weighted by molar-refractivity contribution is -0.114. The number of carbonyl (C=O) groups excluding carboxylic acids is 1. The average Bonchev–Trinajstić information content (AvgIpc) is 2.39. The summed E-state index contributed by atoms with van der Waals surface area (Å²) in [4.78, 5) is 11.7. The summed E-state index contributed by atoms with van der Waals surface area (Å²) in [5.41, 5.74) is 0. The zero-order chi connectivity index (χ0) is 17.1. The molecule has 0 rings (SSSR count). The van der Waals surface area contributed by atoms with Crippen molar-refractivity contribution in [2.45, 2.75) is 55.4 Å². The van der Waals surface area contributed by atoms with Crippen LogP contribution in [0.5, 0.6) is 0 Å². The third-order valence-electron chi connectivity index (χ3n) is 2.87. The van der Waals surface area contributed by atoms with Gasteiger partial charge in [0.15, 0.2) is 5.78 Å². The molecule has 0 saturated carbocycles. The summed E-state index contributed by atoms with van der Waals surface area (Å²) >= 11 is 16.5. The fourth-order valence-corrected chi connectivity index (χ4v) is 3.92. The van der Waals surface area contributed by atoms with Gasteiger partial charge in [-0.25, -0.2) is 0 Å². The van der Waals surface area contributed by atoms with Gasteiger partial charge in [0, 0.05) is 17.2 Å². The predicted octanol–water partition coefficient (Wildman–Crippen LogP) is 5.93. The van der Waals surface area contributed by atoms with Gasteiger partial charge in [-0.2, -0.15) is 0 Å². The maximum Gasteiger partial charge on any atom is 0.155 e. The predicted molar refractivity (Wildman–Crippen MR) is 113 cm³/mol. The van der Waals surface area contributed by atoms with E-state index in [0.717, 1.165) is 13.6 Å². The van der Waals surface area contributed by atoms with Crippen LogP contribution < -0.4 is 0 Å². The summed E-state index contributed by atoms with van der Waals surface area (Å²) in [5, 5.41) is 9.73. The molecular weight excluding hydrogens is 549 g/mol. The van der Waals surface area contributed by atoms with Crippen LogP contribution in [-0.2, 0) is 4.79 Å². The number of allylic oxidation sites excluding steroid dienone is 3. The molecule has 0 spiro atoms. The second-order valence-electron chi connectivity index (χ2n) is 5.15. The Morgan fingerprint density at radius 1 is 1.05 bits per heavy atom. The summed E-state index contributed by atoms with van der Waals surface area (Å²) in [6.07, 6.45) is 5.99. The quantitative estimate of drug-likeness (QED) is 0.180. The first-order valence-electron chi connectivity index (χ1n) is 7.04. The van der Waals surface area contributed by atoms with Crippen LogP contribution in [0.15, 0.2) is 32.5 Å². The van der Waals surface area contributed by atoms with Crippen LogP contribution in [0.2, 0.25) is 0 Å². The fourth-order valence-electron chi connectivity index (χ4n) is 1.73. The van der Waals surface area contributed by atoms with Gasteiger partial charge in [0.25, 0.3) is 0 Å². The third kappa shape index (κ3) is 14.5. The lowest BCUT2D eigenvalue weighted by Crippen LogP contribution is -2.08. The second kappa shape index (κ2) is 13.2. The molecule has 22 heavy (non-hydrogen) atoms. The van der Waals surface area contributed by atoms with Crippen molar-refractivity contribution in [1.82, 2.24) is 0 Å². The van der Waals surface area contributed by atoms with Crippen molar-refractivity contribution >= 4 is 74.2 Å². The normalized spacial score (nSPS) is 15.5. The Morgan fingerprint density at radius 3 is 2.05 bits per heavy atom. The van der Waals surface area contributed by atoms with Gasteiger partial charge in [-0.3, -0.25) is 4.79 Å². The Bertz CT molecular complexity index is 411. The molecule has 1 N–H and O–H groups in total. The summed E-state index contributed by atoms with van der Waals surface area (Å²) in [6.45, 7) is 7.59. The van der Waals surface area contributed by atoms with E-state index >= 15 is 0 Å². The second-order valence-corrected chi connectivity index (χ2v) is 9.43. The lowest BCUT2D eigenvalue weighted by atomic mass is 10.1. The van der Waals surface area contributed by atoms with Crippen molar-refractivity contribution in [3.05, 3.63) is 32.5 Å². The SMILES string of the molecule is C=C(I)CC(Cl)CCC(=O)C=CC(O)CC[C@H](Cl)CC(=C)I. The van der Waals surface area contributed by atoms with Crippen LogP contribution in [0.4, 0.5) is 0 Å². The number of aliphatic hydroxyl groups excluding tert-OH is 1. The van der Waals surface area contributed by atoms with Gasteiger partial charge < -0.3 is 5.11 Å². The highest BCUT2D eigenvalue weighted by atomic mass is 127. The first kappa shape index (κ1) is 22.9. The number of rotatable bonds is 12. The summed E-state index contributed by atoms with van der Waals surface area (Å²) in [7, 11) is 0. The van der Waals surface area contributed by atoms with Crippen molar-refractivity contribution in [3.63, 3.8) is 0 Å². The van der Waals surface area contributed by atoms with E-state index in [-0.39, 0.29) is 16.5 Å². The van der Waals surface area contributed by atoms with Gasteiger partial charge in [0.05, 0.1) is 6.10 Å². The molecule has 3 atom stereocenters. The highest BCUT2D eigenvalue weighted by Crippen LogP contribution is 2.20. The molecule has 6 heteroatoms. The van der Waals surface area contributed by atoms with Crippen LogP contribution in [0.3, 0.4) is 0 Å². The molecule has 0 aliphatic rings.